The molecule has 0 saturated carbocycles. The SMILES string of the molecule is CC(=O)O.Cc1ccc2oc(=O)c(N)cc2c1. The van der Waals surface area contributed by atoms with Crippen LogP contribution in [0.2, 0.25) is 0 Å². The van der Waals surface area contributed by atoms with Gasteiger partial charge < -0.3 is 15.3 Å². The summed E-state index contributed by atoms with van der Waals surface area (Å²) in [6.07, 6.45) is 0. The zero-order valence-corrected chi connectivity index (χ0v) is 9.56. The zero-order chi connectivity index (χ0) is 13.0. The van der Waals surface area contributed by atoms with E-state index in [0.29, 0.717) is 5.58 Å². The van der Waals surface area contributed by atoms with Gasteiger partial charge in [0, 0.05) is 12.3 Å². The molecular formula is C12H13NO4. The number of hydrogen-bond acceptors (Lipinski definition) is 4. The highest BCUT2D eigenvalue weighted by atomic mass is 16.4. The number of rotatable bonds is 0. The van der Waals surface area contributed by atoms with Crippen molar-refractivity contribution in [2.75, 3.05) is 5.73 Å². The van der Waals surface area contributed by atoms with Crippen LogP contribution in [0.15, 0.2) is 33.5 Å². The van der Waals surface area contributed by atoms with Crippen LogP contribution in [0.25, 0.3) is 11.0 Å². The van der Waals surface area contributed by atoms with E-state index in [4.69, 9.17) is 20.1 Å². The molecule has 0 unspecified atom stereocenters. The topological polar surface area (TPSA) is 93.5 Å². The third-order valence-corrected chi connectivity index (χ3v) is 1.91. The Bertz CT molecular complexity index is 597. The van der Waals surface area contributed by atoms with Crippen LogP contribution in [0.4, 0.5) is 5.69 Å². The zero-order valence-electron chi connectivity index (χ0n) is 9.56. The van der Waals surface area contributed by atoms with Gasteiger partial charge in [-0.15, -0.1) is 0 Å². The minimum absolute atomic E-state index is 0.151. The monoisotopic (exact) mass is 235 g/mol. The highest BCUT2D eigenvalue weighted by molar-refractivity contribution is 5.79. The Balaban J connectivity index is 0.000000317. The first kappa shape index (κ1) is 12.8. The largest absolute Gasteiger partial charge is 0.481 e. The van der Waals surface area contributed by atoms with Crippen LogP contribution in [0.5, 0.6) is 0 Å². The van der Waals surface area contributed by atoms with Crippen molar-refractivity contribution >= 4 is 22.6 Å². The molecule has 0 saturated heterocycles. The molecule has 0 fully saturated rings. The number of aryl methyl sites for hydroxylation is 1. The molecule has 3 N–H and O–H groups in total. The molecule has 0 bridgehead atoms. The van der Waals surface area contributed by atoms with Crippen LogP contribution in [0, 0.1) is 6.92 Å². The van der Waals surface area contributed by atoms with Gasteiger partial charge in [-0.3, -0.25) is 4.79 Å². The molecular weight excluding hydrogens is 222 g/mol. The fourth-order valence-corrected chi connectivity index (χ4v) is 1.26. The average molecular weight is 235 g/mol. The lowest BCUT2D eigenvalue weighted by Crippen LogP contribution is -2.05. The van der Waals surface area contributed by atoms with Crippen molar-refractivity contribution in [2.24, 2.45) is 0 Å². The van der Waals surface area contributed by atoms with Crippen molar-refractivity contribution in [1.29, 1.82) is 0 Å². The summed E-state index contributed by atoms with van der Waals surface area (Å²) in [5.74, 6) is -0.833. The number of carboxylic acid groups (broad SMARTS) is 1. The smallest absolute Gasteiger partial charge is 0.359 e. The Kier molecular flexibility index (Phi) is 3.87. The van der Waals surface area contributed by atoms with Crippen LogP contribution in [0.3, 0.4) is 0 Å². The van der Waals surface area contributed by atoms with E-state index in [9.17, 15) is 4.79 Å². The van der Waals surface area contributed by atoms with E-state index in [1.165, 1.54) is 0 Å². The molecule has 0 atom stereocenters. The number of aliphatic carboxylic acids is 1. The van der Waals surface area contributed by atoms with E-state index in [1.54, 1.807) is 12.1 Å². The molecule has 1 aromatic heterocycles. The third-order valence-electron chi connectivity index (χ3n) is 1.91. The number of fused-ring (bicyclic) bond motifs is 1. The van der Waals surface area contributed by atoms with Crippen molar-refractivity contribution in [3.05, 3.63) is 40.2 Å². The number of carbonyl (C=O) groups is 1. The van der Waals surface area contributed by atoms with E-state index in [-0.39, 0.29) is 5.69 Å². The van der Waals surface area contributed by atoms with E-state index in [2.05, 4.69) is 0 Å². The standard InChI is InChI=1S/C10H9NO2.C2H4O2/c1-6-2-3-9-7(4-6)5-8(11)10(12)13-9;1-2(3)4/h2-5H,11H2,1H3;1H3,(H,3,4). The maximum atomic E-state index is 11.0. The second kappa shape index (κ2) is 5.16. The summed E-state index contributed by atoms with van der Waals surface area (Å²) in [7, 11) is 0. The minimum Gasteiger partial charge on any atom is -0.481 e. The molecule has 2 rings (SSSR count). The molecule has 0 radical (unpaired) electrons. The van der Waals surface area contributed by atoms with Crippen LogP contribution < -0.4 is 11.4 Å². The van der Waals surface area contributed by atoms with Gasteiger partial charge in [-0.2, -0.15) is 0 Å². The summed E-state index contributed by atoms with van der Waals surface area (Å²) >= 11 is 0. The first-order chi connectivity index (χ1) is 7.90. The first-order valence-electron chi connectivity index (χ1n) is 4.89. The van der Waals surface area contributed by atoms with Gasteiger partial charge in [0.2, 0.25) is 0 Å². The molecule has 5 nitrogen and oxygen atoms in total. The maximum absolute atomic E-state index is 11.0. The maximum Gasteiger partial charge on any atom is 0.359 e. The molecule has 2 aromatic rings. The van der Waals surface area contributed by atoms with Gasteiger partial charge in [0.1, 0.15) is 11.3 Å². The summed E-state index contributed by atoms with van der Waals surface area (Å²) in [5.41, 5.74) is 6.79. The first-order valence-corrected chi connectivity index (χ1v) is 4.89. The number of benzene rings is 1. The number of nitrogens with two attached hydrogens (primary N) is 1. The predicted octanol–water partition coefficient (Wildman–Crippen LogP) is 1.77. The second-order valence-electron chi connectivity index (χ2n) is 3.55. The van der Waals surface area contributed by atoms with Crippen LogP contribution in [0.1, 0.15) is 12.5 Å². The Labute approximate surface area is 97.5 Å². The van der Waals surface area contributed by atoms with E-state index in [0.717, 1.165) is 17.9 Å². The van der Waals surface area contributed by atoms with Crippen molar-refractivity contribution in [1.82, 2.24) is 0 Å². The lowest BCUT2D eigenvalue weighted by molar-refractivity contribution is -0.134. The van der Waals surface area contributed by atoms with Gasteiger partial charge >= 0.3 is 5.63 Å². The molecule has 0 spiro atoms. The van der Waals surface area contributed by atoms with Gasteiger partial charge in [0.15, 0.2) is 0 Å². The molecule has 0 aliphatic carbocycles. The Morgan fingerprint density at radius 1 is 1.35 bits per heavy atom. The van der Waals surface area contributed by atoms with Crippen molar-refractivity contribution in [3.8, 4) is 0 Å². The van der Waals surface area contributed by atoms with E-state index >= 15 is 0 Å². The quantitative estimate of drug-likeness (QED) is 0.679. The second-order valence-corrected chi connectivity index (χ2v) is 3.55. The summed E-state index contributed by atoms with van der Waals surface area (Å²) < 4.78 is 4.97. The Morgan fingerprint density at radius 3 is 2.53 bits per heavy atom. The van der Waals surface area contributed by atoms with Gasteiger partial charge in [0.05, 0.1) is 0 Å². The molecule has 0 amide bonds. The van der Waals surface area contributed by atoms with Gasteiger partial charge in [-0.05, 0) is 25.1 Å². The lowest BCUT2D eigenvalue weighted by Gasteiger charge is -1.98. The summed E-state index contributed by atoms with van der Waals surface area (Å²) in [6.45, 7) is 3.06. The summed E-state index contributed by atoms with van der Waals surface area (Å²) in [6, 6.07) is 7.22. The highest BCUT2D eigenvalue weighted by Gasteiger charge is 2.00. The molecule has 5 heteroatoms. The minimum atomic E-state index is -0.833. The van der Waals surface area contributed by atoms with Crippen molar-refractivity contribution in [3.63, 3.8) is 0 Å². The normalized spacial score (nSPS) is 9.53. The molecule has 90 valence electrons. The molecule has 1 aromatic carbocycles. The highest BCUT2D eigenvalue weighted by Crippen LogP contribution is 2.15. The number of anilines is 1. The predicted molar refractivity (Wildman–Crippen MR) is 64.9 cm³/mol. The van der Waals surface area contributed by atoms with Crippen molar-refractivity contribution < 1.29 is 14.3 Å². The molecule has 0 aliphatic rings. The molecule has 1 heterocycles. The number of nitrogen functional groups attached to an aromatic ring is 1. The molecule has 17 heavy (non-hydrogen) atoms. The van der Waals surface area contributed by atoms with Crippen LogP contribution in [-0.2, 0) is 4.79 Å². The molecule has 0 aliphatic heterocycles. The summed E-state index contributed by atoms with van der Waals surface area (Å²) in [4.78, 5) is 20.0. The van der Waals surface area contributed by atoms with Crippen LogP contribution >= 0.6 is 0 Å². The third kappa shape index (κ3) is 3.64. The van der Waals surface area contributed by atoms with Gasteiger partial charge in [0.25, 0.3) is 5.97 Å². The lowest BCUT2D eigenvalue weighted by atomic mass is 10.1. The number of carboxylic acids is 1. The van der Waals surface area contributed by atoms with E-state index in [1.807, 2.05) is 19.1 Å². The summed E-state index contributed by atoms with van der Waals surface area (Å²) in [5, 5.41) is 8.28. The fraction of sp³-hybridized carbons (Fsp3) is 0.167. The average Bonchev–Trinajstić information content (AvgIpc) is 2.19. The van der Waals surface area contributed by atoms with Crippen molar-refractivity contribution in [2.45, 2.75) is 13.8 Å². The van der Waals surface area contributed by atoms with Crippen LogP contribution in [-0.4, -0.2) is 11.1 Å². The Hall–Kier alpha value is -2.30. The van der Waals surface area contributed by atoms with Gasteiger partial charge in [-0.1, -0.05) is 11.6 Å². The fourth-order valence-electron chi connectivity index (χ4n) is 1.26. The number of hydrogen-bond donors (Lipinski definition) is 2. The van der Waals surface area contributed by atoms with Gasteiger partial charge in [-0.25, -0.2) is 4.79 Å². The Morgan fingerprint density at radius 2 is 1.94 bits per heavy atom. The van der Waals surface area contributed by atoms with E-state index < -0.39 is 11.6 Å².